The van der Waals surface area contributed by atoms with Gasteiger partial charge in [0, 0.05) is 0 Å². The van der Waals surface area contributed by atoms with E-state index in [-0.39, 0.29) is 5.41 Å². The molecule has 0 radical (unpaired) electrons. The molecule has 0 aliphatic heterocycles. The predicted molar refractivity (Wildman–Crippen MR) is 100 cm³/mol. The Morgan fingerprint density at radius 3 is 2.58 bits per heavy atom. The van der Waals surface area contributed by atoms with Crippen LogP contribution in [0.25, 0.3) is 16.8 Å². The number of allylic oxidation sites excluding steroid dienone is 3. The molecule has 2 nitrogen and oxygen atoms in total. The highest BCUT2D eigenvalue weighted by Crippen LogP contribution is 2.41. The van der Waals surface area contributed by atoms with Gasteiger partial charge in [-0.2, -0.15) is 0 Å². The maximum absolute atomic E-state index is 11.7. The second-order valence-electron chi connectivity index (χ2n) is 7.32. The molecular formula is C22H24O2. The number of carbonyl (C=O) groups is 1. The Kier molecular flexibility index (Phi) is 4.31. The molecule has 1 aliphatic rings. The molecule has 2 heteroatoms. The van der Waals surface area contributed by atoms with Crippen LogP contribution in [-0.4, -0.2) is 11.1 Å². The summed E-state index contributed by atoms with van der Waals surface area (Å²) >= 11 is 0. The van der Waals surface area contributed by atoms with Crippen LogP contribution in [0.1, 0.15) is 56.0 Å². The molecule has 0 amide bonds. The van der Waals surface area contributed by atoms with Gasteiger partial charge in [-0.15, -0.1) is 0 Å². The lowest BCUT2D eigenvalue weighted by molar-refractivity contribution is 0.0697. The van der Waals surface area contributed by atoms with Crippen molar-refractivity contribution < 1.29 is 9.90 Å². The molecule has 0 saturated heterocycles. The Hall–Kier alpha value is -2.35. The molecule has 24 heavy (non-hydrogen) atoms. The van der Waals surface area contributed by atoms with Gasteiger partial charge in [-0.1, -0.05) is 61.9 Å². The molecule has 0 saturated carbocycles. The first kappa shape index (κ1) is 16.5. The molecular weight excluding hydrogens is 296 g/mol. The zero-order chi connectivity index (χ0) is 17.3. The van der Waals surface area contributed by atoms with Gasteiger partial charge in [0.2, 0.25) is 0 Å². The third kappa shape index (κ3) is 3.01. The maximum atomic E-state index is 11.7. The first-order valence-electron chi connectivity index (χ1n) is 8.53. The Labute approximate surface area is 143 Å². The minimum Gasteiger partial charge on any atom is -0.478 e. The molecule has 2 aromatic rings. The summed E-state index contributed by atoms with van der Waals surface area (Å²) in [6.07, 6.45) is 7.67. The van der Waals surface area contributed by atoms with Gasteiger partial charge < -0.3 is 5.11 Å². The molecule has 2 aromatic carbocycles. The van der Waals surface area contributed by atoms with Gasteiger partial charge in [-0.05, 0) is 59.6 Å². The minimum atomic E-state index is -0.881. The van der Waals surface area contributed by atoms with Crippen LogP contribution in [0.5, 0.6) is 0 Å². The van der Waals surface area contributed by atoms with E-state index in [0.717, 1.165) is 22.8 Å². The zero-order valence-electron chi connectivity index (χ0n) is 14.6. The normalized spacial score (nSPS) is 17.6. The van der Waals surface area contributed by atoms with Crippen LogP contribution in [0.2, 0.25) is 0 Å². The SMILES string of the molecule is CC1=C(/C=C/c2c(C(=O)O)ccc3ccccc23)C(C)(C)CCC1. The molecule has 0 unspecified atom stereocenters. The Morgan fingerprint density at radius 1 is 1.12 bits per heavy atom. The van der Waals surface area contributed by atoms with Crippen molar-refractivity contribution >= 4 is 22.8 Å². The number of hydrogen-bond acceptors (Lipinski definition) is 1. The second-order valence-corrected chi connectivity index (χ2v) is 7.32. The first-order chi connectivity index (χ1) is 11.4. The first-order valence-corrected chi connectivity index (χ1v) is 8.53. The smallest absolute Gasteiger partial charge is 0.336 e. The summed E-state index contributed by atoms with van der Waals surface area (Å²) in [4.78, 5) is 11.7. The summed E-state index contributed by atoms with van der Waals surface area (Å²) in [5.74, 6) is -0.881. The van der Waals surface area contributed by atoms with E-state index in [1.165, 1.54) is 24.0 Å². The van der Waals surface area contributed by atoms with Crippen molar-refractivity contribution in [3.8, 4) is 0 Å². The average Bonchev–Trinajstić information content (AvgIpc) is 2.53. The highest BCUT2D eigenvalue weighted by molar-refractivity contribution is 6.02. The molecule has 0 aromatic heterocycles. The molecule has 3 rings (SSSR count). The number of hydrogen-bond donors (Lipinski definition) is 1. The topological polar surface area (TPSA) is 37.3 Å². The summed E-state index contributed by atoms with van der Waals surface area (Å²) < 4.78 is 0. The van der Waals surface area contributed by atoms with Crippen LogP contribution in [0, 0.1) is 5.41 Å². The second kappa shape index (κ2) is 6.27. The molecule has 1 aliphatic carbocycles. The quantitative estimate of drug-likeness (QED) is 0.744. The number of rotatable bonds is 3. The van der Waals surface area contributed by atoms with Gasteiger partial charge in [0.25, 0.3) is 0 Å². The fourth-order valence-corrected chi connectivity index (χ4v) is 3.84. The molecule has 124 valence electrons. The van der Waals surface area contributed by atoms with Crippen LogP contribution in [0.3, 0.4) is 0 Å². The number of fused-ring (bicyclic) bond motifs is 1. The van der Waals surface area contributed by atoms with Gasteiger partial charge >= 0.3 is 5.97 Å². The predicted octanol–water partition coefficient (Wildman–Crippen LogP) is 6.08. The van der Waals surface area contributed by atoms with E-state index in [2.05, 4.69) is 26.8 Å². The van der Waals surface area contributed by atoms with E-state index in [1.54, 1.807) is 6.07 Å². The summed E-state index contributed by atoms with van der Waals surface area (Å²) in [5.41, 5.74) is 4.06. The third-order valence-electron chi connectivity index (χ3n) is 5.16. The van der Waals surface area contributed by atoms with Gasteiger partial charge in [0.05, 0.1) is 5.56 Å². The minimum absolute atomic E-state index is 0.146. The van der Waals surface area contributed by atoms with Crippen LogP contribution < -0.4 is 0 Å². The fourth-order valence-electron chi connectivity index (χ4n) is 3.84. The summed E-state index contributed by atoms with van der Waals surface area (Å²) in [6.45, 7) is 6.74. The van der Waals surface area contributed by atoms with E-state index in [4.69, 9.17) is 0 Å². The largest absolute Gasteiger partial charge is 0.478 e. The number of carboxylic acid groups (broad SMARTS) is 1. The molecule has 0 spiro atoms. The van der Waals surface area contributed by atoms with E-state index >= 15 is 0 Å². The molecule has 0 bridgehead atoms. The van der Waals surface area contributed by atoms with Crippen molar-refractivity contribution in [1.29, 1.82) is 0 Å². The Bertz CT molecular complexity index is 853. The van der Waals surface area contributed by atoms with Gasteiger partial charge in [-0.25, -0.2) is 4.79 Å². The zero-order valence-corrected chi connectivity index (χ0v) is 14.6. The highest BCUT2D eigenvalue weighted by Gasteiger charge is 2.26. The molecule has 0 fully saturated rings. The maximum Gasteiger partial charge on any atom is 0.336 e. The van der Waals surface area contributed by atoms with Crippen molar-refractivity contribution in [3.63, 3.8) is 0 Å². The fraction of sp³-hybridized carbons (Fsp3) is 0.318. The summed E-state index contributed by atoms with van der Waals surface area (Å²) in [6, 6.07) is 11.5. The highest BCUT2D eigenvalue weighted by atomic mass is 16.4. The average molecular weight is 320 g/mol. The van der Waals surface area contributed by atoms with Gasteiger partial charge in [0.15, 0.2) is 0 Å². The number of aromatic carboxylic acids is 1. The molecule has 0 atom stereocenters. The van der Waals surface area contributed by atoms with Crippen molar-refractivity contribution in [3.05, 3.63) is 64.7 Å². The lowest BCUT2D eigenvalue weighted by Crippen LogP contribution is -2.19. The molecule has 0 heterocycles. The van der Waals surface area contributed by atoms with Crippen LogP contribution in [0.4, 0.5) is 0 Å². The lowest BCUT2D eigenvalue weighted by Gasteiger charge is -2.33. The van der Waals surface area contributed by atoms with Gasteiger partial charge in [0.1, 0.15) is 0 Å². The van der Waals surface area contributed by atoms with Crippen molar-refractivity contribution in [2.24, 2.45) is 5.41 Å². The van der Waals surface area contributed by atoms with E-state index in [0.29, 0.717) is 5.56 Å². The Balaban J connectivity index is 2.15. The van der Waals surface area contributed by atoms with Gasteiger partial charge in [-0.3, -0.25) is 0 Å². The van der Waals surface area contributed by atoms with Crippen LogP contribution in [-0.2, 0) is 0 Å². The third-order valence-corrected chi connectivity index (χ3v) is 5.16. The number of carboxylic acids is 1. The van der Waals surface area contributed by atoms with Crippen LogP contribution >= 0.6 is 0 Å². The van der Waals surface area contributed by atoms with E-state index < -0.39 is 5.97 Å². The summed E-state index contributed by atoms with van der Waals surface area (Å²) in [5, 5.41) is 11.6. The van der Waals surface area contributed by atoms with Crippen molar-refractivity contribution in [2.75, 3.05) is 0 Å². The van der Waals surface area contributed by atoms with Crippen molar-refractivity contribution in [1.82, 2.24) is 0 Å². The van der Waals surface area contributed by atoms with E-state index in [9.17, 15) is 9.90 Å². The van der Waals surface area contributed by atoms with Crippen LogP contribution in [0.15, 0.2) is 53.6 Å². The standard InChI is InChI=1S/C22H24O2/c1-15-7-6-14-22(2,3)20(15)13-12-18-17-9-5-4-8-16(17)10-11-19(18)21(23)24/h4-5,8-13H,6-7,14H2,1-3H3,(H,23,24)/b13-12+. The number of benzene rings is 2. The molecule has 1 N–H and O–H groups in total. The van der Waals surface area contributed by atoms with E-state index in [1.807, 2.05) is 36.4 Å². The van der Waals surface area contributed by atoms with Crippen molar-refractivity contribution in [2.45, 2.75) is 40.0 Å². The lowest BCUT2D eigenvalue weighted by atomic mass is 9.72. The summed E-state index contributed by atoms with van der Waals surface area (Å²) in [7, 11) is 0. The monoisotopic (exact) mass is 320 g/mol. The Morgan fingerprint density at radius 2 is 1.88 bits per heavy atom.